The molecule has 0 unspecified atom stereocenters. The van der Waals surface area contributed by atoms with Gasteiger partial charge in [-0.05, 0) is 73.5 Å². The van der Waals surface area contributed by atoms with Gasteiger partial charge in [-0.25, -0.2) is 9.37 Å². The Balaban J connectivity index is 1.40. The van der Waals surface area contributed by atoms with Crippen LogP contribution in [-0.4, -0.2) is 10.9 Å². The van der Waals surface area contributed by atoms with Crippen molar-refractivity contribution in [3.8, 4) is 16.3 Å². The molecule has 0 aliphatic carbocycles. The van der Waals surface area contributed by atoms with E-state index >= 15 is 0 Å². The van der Waals surface area contributed by atoms with Gasteiger partial charge in [0.25, 0.3) is 5.91 Å². The minimum absolute atomic E-state index is 0.319. The molecule has 0 atom stereocenters. The minimum atomic E-state index is -0.351. The summed E-state index contributed by atoms with van der Waals surface area (Å²) >= 11 is 1.39. The van der Waals surface area contributed by atoms with Crippen LogP contribution in [0.2, 0.25) is 0 Å². The Hall–Kier alpha value is -3.51. The highest BCUT2D eigenvalue weighted by molar-refractivity contribution is 7.13. The Morgan fingerprint density at radius 3 is 2.52 bits per heavy atom. The standard InChI is InChI=1S/C25H21FN2O2S/c1-16-3-4-17(2)19(13-16)14-30-22-11-5-18(6-12-22)25-28-23(15-31-25)24(29)27-21-9-7-20(26)8-10-21/h3-13,15H,14H2,1-2H3,(H,27,29). The van der Waals surface area contributed by atoms with Crippen molar-refractivity contribution in [2.75, 3.05) is 5.32 Å². The van der Waals surface area contributed by atoms with Crippen molar-refractivity contribution in [3.63, 3.8) is 0 Å². The van der Waals surface area contributed by atoms with E-state index in [0.29, 0.717) is 18.0 Å². The van der Waals surface area contributed by atoms with Gasteiger partial charge in [-0.1, -0.05) is 23.8 Å². The summed E-state index contributed by atoms with van der Waals surface area (Å²) in [7, 11) is 0. The maximum absolute atomic E-state index is 13.0. The predicted molar refractivity (Wildman–Crippen MR) is 122 cm³/mol. The molecule has 0 radical (unpaired) electrons. The van der Waals surface area contributed by atoms with E-state index in [1.54, 1.807) is 5.38 Å². The van der Waals surface area contributed by atoms with Crippen molar-refractivity contribution < 1.29 is 13.9 Å². The topological polar surface area (TPSA) is 51.2 Å². The van der Waals surface area contributed by atoms with Gasteiger partial charge in [0.1, 0.15) is 28.9 Å². The Morgan fingerprint density at radius 2 is 1.77 bits per heavy atom. The minimum Gasteiger partial charge on any atom is -0.489 e. The zero-order valence-electron chi connectivity index (χ0n) is 17.2. The molecule has 1 N–H and O–H groups in total. The van der Waals surface area contributed by atoms with E-state index in [9.17, 15) is 9.18 Å². The van der Waals surface area contributed by atoms with E-state index < -0.39 is 0 Å². The number of aromatic nitrogens is 1. The number of thiazole rings is 1. The van der Waals surface area contributed by atoms with Gasteiger partial charge in [0.05, 0.1) is 0 Å². The molecular weight excluding hydrogens is 411 g/mol. The molecular formula is C25H21FN2O2S. The number of carbonyl (C=O) groups excluding carboxylic acids is 1. The molecule has 0 saturated carbocycles. The SMILES string of the molecule is Cc1ccc(C)c(COc2ccc(-c3nc(C(=O)Nc4ccc(F)cc4)cs3)cc2)c1. The van der Waals surface area contributed by atoms with E-state index in [-0.39, 0.29) is 11.7 Å². The molecule has 6 heteroatoms. The van der Waals surface area contributed by atoms with Crippen LogP contribution in [0, 0.1) is 19.7 Å². The number of anilines is 1. The Kier molecular flexibility index (Phi) is 6.09. The Morgan fingerprint density at radius 1 is 1.03 bits per heavy atom. The number of halogens is 1. The lowest BCUT2D eigenvalue weighted by atomic mass is 10.1. The zero-order chi connectivity index (χ0) is 21.8. The van der Waals surface area contributed by atoms with Gasteiger partial charge >= 0.3 is 0 Å². The summed E-state index contributed by atoms with van der Waals surface area (Å²) in [5.41, 5.74) is 5.33. The number of hydrogen-bond donors (Lipinski definition) is 1. The molecule has 31 heavy (non-hydrogen) atoms. The number of benzene rings is 3. The number of rotatable bonds is 6. The lowest BCUT2D eigenvalue weighted by molar-refractivity contribution is 0.102. The van der Waals surface area contributed by atoms with E-state index in [1.807, 2.05) is 24.3 Å². The second-order valence-electron chi connectivity index (χ2n) is 7.24. The number of amides is 1. The fourth-order valence-electron chi connectivity index (χ4n) is 3.05. The first-order chi connectivity index (χ1) is 15.0. The molecule has 0 spiro atoms. The second kappa shape index (κ2) is 9.10. The molecule has 0 bridgehead atoms. The summed E-state index contributed by atoms with van der Waals surface area (Å²) < 4.78 is 18.9. The summed E-state index contributed by atoms with van der Waals surface area (Å²) in [6.07, 6.45) is 0. The Labute approximate surface area is 184 Å². The summed E-state index contributed by atoms with van der Waals surface area (Å²) in [6.45, 7) is 4.66. The fourth-order valence-corrected chi connectivity index (χ4v) is 3.86. The molecule has 4 rings (SSSR count). The lowest BCUT2D eigenvalue weighted by Crippen LogP contribution is -2.12. The molecule has 156 valence electrons. The highest BCUT2D eigenvalue weighted by Gasteiger charge is 2.12. The van der Waals surface area contributed by atoms with Crippen molar-refractivity contribution in [1.29, 1.82) is 0 Å². The van der Waals surface area contributed by atoms with Gasteiger partial charge in [0.15, 0.2) is 0 Å². The van der Waals surface area contributed by atoms with Crippen LogP contribution in [0.15, 0.2) is 72.1 Å². The maximum Gasteiger partial charge on any atom is 0.275 e. The average molecular weight is 433 g/mol. The summed E-state index contributed by atoms with van der Waals surface area (Å²) in [6, 6.07) is 19.6. The summed E-state index contributed by atoms with van der Waals surface area (Å²) in [5.74, 6) is 0.0912. The zero-order valence-corrected chi connectivity index (χ0v) is 18.0. The van der Waals surface area contributed by atoms with E-state index in [4.69, 9.17) is 4.74 Å². The van der Waals surface area contributed by atoms with Crippen LogP contribution < -0.4 is 10.1 Å². The lowest BCUT2D eigenvalue weighted by Gasteiger charge is -2.10. The number of nitrogens with zero attached hydrogens (tertiary/aromatic N) is 1. The van der Waals surface area contributed by atoms with Gasteiger partial charge in [-0.2, -0.15) is 0 Å². The third-order valence-electron chi connectivity index (χ3n) is 4.84. The van der Waals surface area contributed by atoms with Crippen LogP contribution in [-0.2, 0) is 6.61 Å². The highest BCUT2D eigenvalue weighted by Crippen LogP contribution is 2.27. The molecule has 1 amide bonds. The van der Waals surface area contributed by atoms with Crippen LogP contribution in [0.5, 0.6) is 5.75 Å². The van der Waals surface area contributed by atoms with Crippen LogP contribution in [0.25, 0.3) is 10.6 Å². The summed E-state index contributed by atoms with van der Waals surface area (Å²) in [5, 5.41) is 5.17. The van der Waals surface area contributed by atoms with E-state index in [0.717, 1.165) is 16.3 Å². The van der Waals surface area contributed by atoms with Crippen molar-refractivity contribution in [1.82, 2.24) is 4.98 Å². The van der Waals surface area contributed by atoms with Crippen LogP contribution in [0.3, 0.4) is 0 Å². The van der Waals surface area contributed by atoms with Crippen molar-refractivity contribution >= 4 is 22.9 Å². The van der Waals surface area contributed by atoms with E-state index in [1.165, 1.54) is 52.3 Å². The molecule has 0 fully saturated rings. The van der Waals surface area contributed by atoms with Crippen molar-refractivity contribution in [2.24, 2.45) is 0 Å². The van der Waals surface area contributed by atoms with Crippen LogP contribution in [0.1, 0.15) is 27.2 Å². The number of carbonyl (C=O) groups is 1. The first-order valence-corrected chi connectivity index (χ1v) is 10.7. The predicted octanol–water partition coefficient (Wildman–Crippen LogP) is 6.40. The van der Waals surface area contributed by atoms with Gasteiger partial charge in [0, 0.05) is 16.6 Å². The van der Waals surface area contributed by atoms with Crippen molar-refractivity contribution in [2.45, 2.75) is 20.5 Å². The normalized spacial score (nSPS) is 10.7. The van der Waals surface area contributed by atoms with E-state index in [2.05, 4.69) is 42.3 Å². The fraction of sp³-hybridized carbons (Fsp3) is 0.120. The largest absolute Gasteiger partial charge is 0.489 e. The number of aryl methyl sites for hydroxylation is 2. The van der Waals surface area contributed by atoms with Crippen LogP contribution in [0.4, 0.5) is 10.1 Å². The monoisotopic (exact) mass is 432 g/mol. The molecule has 0 saturated heterocycles. The number of nitrogens with one attached hydrogen (secondary N) is 1. The molecule has 1 aromatic heterocycles. The molecule has 0 aliphatic rings. The maximum atomic E-state index is 13.0. The van der Waals surface area contributed by atoms with Crippen molar-refractivity contribution in [3.05, 3.63) is 100 Å². The molecule has 3 aromatic carbocycles. The quantitative estimate of drug-likeness (QED) is 0.384. The smallest absolute Gasteiger partial charge is 0.275 e. The van der Waals surface area contributed by atoms with Gasteiger partial charge in [-0.15, -0.1) is 11.3 Å². The number of ether oxygens (including phenoxy) is 1. The first kappa shape index (κ1) is 20.8. The number of hydrogen-bond acceptors (Lipinski definition) is 4. The molecule has 4 nitrogen and oxygen atoms in total. The highest BCUT2D eigenvalue weighted by atomic mass is 32.1. The summed E-state index contributed by atoms with van der Waals surface area (Å²) in [4.78, 5) is 16.8. The second-order valence-corrected chi connectivity index (χ2v) is 8.10. The van der Waals surface area contributed by atoms with Gasteiger partial charge in [0.2, 0.25) is 0 Å². The molecule has 0 aliphatic heterocycles. The third kappa shape index (κ3) is 5.16. The third-order valence-corrected chi connectivity index (χ3v) is 5.73. The van der Waals surface area contributed by atoms with Gasteiger partial charge in [-0.3, -0.25) is 4.79 Å². The Bertz CT molecular complexity index is 1200. The molecule has 1 heterocycles. The average Bonchev–Trinajstić information content (AvgIpc) is 3.27. The van der Waals surface area contributed by atoms with Crippen LogP contribution >= 0.6 is 11.3 Å². The first-order valence-electron chi connectivity index (χ1n) is 9.80. The molecule has 4 aromatic rings. The van der Waals surface area contributed by atoms with Gasteiger partial charge < -0.3 is 10.1 Å².